The van der Waals surface area contributed by atoms with Crippen LogP contribution in [0, 0.1) is 0 Å². The lowest BCUT2D eigenvalue weighted by molar-refractivity contribution is 0.0873. The van der Waals surface area contributed by atoms with E-state index in [0.717, 1.165) is 22.9 Å². The molecule has 0 aromatic heterocycles. The molecule has 5 heteroatoms. The third-order valence-corrected chi connectivity index (χ3v) is 3.60. The summed E-state index contributed by atoms with van der Waals surface area (Å²) in [5.74, 6) is 0. The van der Waals surface area contributed by atoms with Crippen molar-refractivity contribution in [3.63, 3.8) is 0 Å². The van der Waals surface area contributed by atoms with Gasteiger partial charge in [0.15, 0.2) is 0 Å². The summed E-state index contributed by atoms with van der Waals surface area (Å²) in [7, 11) is 0. The summed E-state index contributed by atoms with van der Waals surface area (Å²) in [6, 6.07) is 7.96. The number of carbonyl (C=O) groups excluding carboxylic acids is 1. The highest BCUT2D eigenvalue weighted by atomic mass is 79.9. The molecule has 1 aromatic carbocycles. The summed E-state index contributed by atoms with van der Waals surface area (Å²) in [6.07, 6.45) is 1.46. The number of benzene rings is 1. The van der Waals surface area contributed by atoms with Gasteiger partial charge in [-0.05, 0) is 30.5 Å². The highest BCUT2D eigenvalue weighted by molar-refractivity contribution is 9.10. The van der Waals surface area contributed by atoms with Crippen LogP contribution in [0.3, 0.4) is 0 Å². The number of piperidine rings is 1. The second-order valence-electron chi connectivity index (χ2n) is 4.51. The number of hydrogen-bond acceptors (Lipinski definition) is 3. The quantitative estimate of drug-likeness (QED) is 0.913. The summed E-state index contributed by atoms with van der Waals surface area (Å²) in [4.78, 5) is 13.5. The van der Waals surface area contributed by atoms with Crippen LogP contribution in [0.5, 0.6) is 0 Å². The van der Waals surface area contributed by atoms with Gasteiger partial charge in [-0.3, -0.25) is 0 Å². The molecule has 1 heterocycles. The number of likely N-dealkylation sites (tertiary alicyclic amines) is 1. The summed E-state index contributed by atoms with van der Waals surface area (Å²) in [5.41, 5.74) is 6.78. The molecular weight excluding hydrogens is 296 g/mol. The van der Waals surface area contributed by atoms with E-state index in [9.17, 15) is 4.79 Å². The Bertz CT molecular complexity index is 400. The molecular formula is C13H17BrN2O2. The minimum absolute atomic E-state index is 0.223. The van der Waals surface area contributed by atoms with Gasteiger partial charge in [0.25, 0.3) is 0 Å². The normalized spacial score (nSPS) is 16.7. The Morgan fingerprint density at radius 2 is 1.94 bits per heavy atom. The number of carbonyl (C=O) groups is 1. The molecule has 0 aliphatic carbocycles. The Morgan fingerprint density at radius 3 is 2.56 bits per heavy atom. The first-order valence-corrected chi connectivity index (χ1v) is 6.86. The highest BCUT2D eigenvalue weighted by Crippen LogP contribution is 2.13. The molecule has 2 rings (SSSR count). The third kappa shape index (κ3) is 3.71. The van der Waals surface area contributed by atoms with E-state index in [1.165, 1.54) is 0 Å². The predicted molar refractivity (Wildman–Crippen MR) is 73.1 cm³/mol. The zero-order valence-electron chi connectivity index (χ0n) is 10.1. The lowest BCUT2D eigenvalue weighted by atomic mass is 10.1. The van der Waals surface area contributed by atoms with Crippen LogP contribution in [0.1, 0.15) is 18.4 Å². The Morgan fingerprint density at radius 1 is 1.33 bits per heavy atom. The van der Waals surface area contributed by atoms with Crippen molar-refractivity contribution in [1.82, 2.24) is 4.90 Å². The van der Waals surface area contributed by atoms with Gasteiger partial charge in [-0.15, -0.1) is 0 Å². The minimum atomic E-state index is -0.246. The van der Waals surface area contributed by atoms with Crippen molar-refractivity contribution in [3.05, 3.63) is 34.3 Å². The van der Waals surface area contributed by atoms with Crippen LogP contribution in [-0.2, 0) is 11.3 Å². The van der Waals surface area contributed by atoms with Gasteiger partial charge in [-0.1, -0.05) is 28.1 Å². The predicted octanol–water partition coefficient (Wildman–Crippen LogP) is 2.51. The summed E-state index contributed by atoms with van der Waals surface area (Å²) in [5, 5.41) is 0. The van der Waals surface area contributed by atoms with Crippen molar-refractivity contribution in [2.45, 2.75) is 25.5 Å². The van der Waals surface area contributed by atoms with Crippen molar-refractivity contribution in [1.29, 1.82) is 0 Å². The van der Waals surface area contributed by atoms with Gasteiger partial charge in [0.1, 0.15) is 6.61 Å². The molecule has 98 valence electrons. The fourth-order valence-electron chi connectivity index (χ4n) is 1.90. The summed E-state index contributed by atoms with van der Waals surface area (Å²) < 4.78 is 6.29. The summed E-state index contributed by atoms with van der Waals surface area (Å²) >= 11 is 3.37. The second kappa shape index (κ2) is 6.20. The van der Waals surface area contributed by atoms with Crippen LogP contribution in [0.15, 0.2) is 28.7 Å². The SMILES string of the molecule is NC1CCN(C(=O)OCc2ccc(Br)cc2)CC1. The van der Waals surface area contributed by atoms with Gasteiger partial charge in [0, 0.05) is 23.6 Å². The molecule has 1 aliphatic heterocycles. The molecule has 0 spiro atoms. The number of hydrogen-bond donors (Lipinski definition) is 1. The van der Waals surface area contributed by atoms with E-state index >= 15 is 0 Å². The first kappa shape index (κ1) is 13.4. The van der Waals surface area contributed by atoms with Crippen molar-refractivity contribution >= 4 is 22.0 Å². The maximum absolute atomic E-state index is 11.8. The van der Waals surface area contributed by atoms with Gasteiger partial charge in [0.2, 0.25) is 0 Å². The van der Waals surface area contributed by atoms with Gasteiger partial charge >= 0.3 is 6.09 Å². The minimum Gasteiger partial charge on any atom is -0.445 e. The monoisotopic (exact) mass is 312 g/mol. The van der Waals surface area contributed by atoms with E-state index < -0.39 is 0 Å². The van der Waals surface area contributed by atoms with Crippen LogP contribution < -0.4 is 5.73 Å². The average molecular weight is 313 g/mol. The smallest absolute Gasteiger partial charge is 0.410 e. The molecule has 0 bridgehead atoms. The first-order valence-electron chi connectivity index (χ1n) is 6.07. The Balaban J connectivity index is 1.79. The lowest BCUT2D eigenvalue weighted by Crippen LogP contribution is -2.43. The molecule has 2 N–H and O–H groups in total. The van der Waals surface area contributed by atoms with Gasteiger partial charge in [-0.25, -0.2) is 4.79 Å². The van der Waals surface area contributed by atoms with Crippen molar-refractivity contribution in [3.8, 4) is 0 Å². The van der Waals surface area contributed by atoms with E-state index in [1.807, 2.05) is 24.3 Å². The number of halogens is 1. The molecule has 1 aromatic rings. The Labute approximate surface area is 115 Å². The number of amides is 1. The number of rotatable bonds is 2. The van der Waals surface area contributed by atoms with Crippen molar-refractivity contribution in [2.24, 2.45) is 5.73 Å². The molecule has 1 saturated heterocycles. The molecule has 1 fully saturated rings. The van der Waals surface area contributed by atoms with Gasteiger partial charge < -0.3 is 15.4 Å². The van der Waals surface area contributed by atoms with Crippen LogP contribution in [0.4, 0.5) is 4.79 Å². The molecule has 4 nitrogen and oxygen atoms in total. The molecule has 0 saturated carbocycles. The van der Waals surface area contributed by atoms with Crippen molar-refractivity contribution in [2.75, 3.05) is 13.1 Å². The highest BCUT2D eigenvalue weighted by Gasteiger charge is 2.21. The Hall–Kier alpha value is -1.07. The standard InChI is InChI=1S/C13H17BrN2O2/c14-11-3-1-10(2-4-11)9-18-13(17)16-7-5-12(15)6-8-16/h1-4,12H,5-9,15H2. The largest absolute Gasteiger partial charge is 0.445 e. The van der Waals surface area contributed by atoms with E-state index in [0.29, 0.717) is 19.7 Å². The number of nitrogens with zero attached hydrogens (tertiary/aromatic N) is 1. The molecule has 0 unspecified atom stereocenters. The van der Waals surface area contributed by atoms with Crippen LogP contribution in [0.2, 0.25) is 0 Å². The molecule has 1 amide bonds. The van der Waals surface area contributed by atoms with Crippen LogP contribution in [-0.4, -0.2) is 30.1 Å². The topological polar surface area (TPSA) is 55.6 Å². The van der Waals surface area contributed by atoms with Crippen molar-refractivity contribution < 1.29 is 9.53 Å². The van der Waals surface area contributed by atoms with E-state index in [4.69, 9.17) is 10.5 Å². The molecule has 0 radical (unpaired) electrons. The first-order chi connectivity index (χ1) is 8.65. The van der Waals surface area contributed by atoms with E-state index in [2.05, 4.69) is 15.9 Å². The van der Waals surface area contributed by atoms with E-state index in [1.54, 1.807) is 4.90 Å². The Kier molecular flexibility index (Phi) is 4.60. The maximum Gasteiger partial charge on any atom is 0.410 e. The number of nitrogens with two attached hydrogens (primary N) is 1. The molecule has 18 heavy (non-hydrogen) atoms. The second-order valence-corrected chi connectivity index (χ2v) is 5.42. The fourth-order valence-corrected chi connectivity index (χ4v) is 2.16. The van der Waals surface area contributed by atoms with Crippen LogP contribution >= 0.6 is 15.9 Å². The number of ether oxygens (including phenoxy) is 1. The van der Waals surface area contributed by atoms with E-state index in [-0.39, 0.29) is 12.1 Å². The van der Waals surface area contributed by atoms with Gasteiger partial charge in [0.05, 0.1) is 0 Å². The molecule has 1 aliphatic rings. The average Bonchev–Trinajstić information content (AvgIpc) is 2.38. The zero-order chi connectivity index (χ0) is 13.0. The fraction of sp³-hybridized carbons (Fsp3) is 0.462. The zero-order valence-corrected chi connectivity index (χ0v) is 11.7. The lowest BCUT2D eigenvalue weighted by Gasteiger charge is -2.29. The third-order valence-electron chi connectivity index (χ3n) is 3.07. The summed E-state index contributed by atoms with van der Waals surface area (Å²) in [6.45, 7) is 1.70. The molecule has 0 atom stereocenters. The van der Waals surface area contributed by atoms with Crippen LogP contribution in [0.25, 0.3) is 0 Å². The maximum atomic E-state index is 11.8. The van der Waals surface area contributed by atoms with Gasteiger partial charge in [-0.2, -0.15) is 0 Å².